The Bertz CT molecular complexity index is 1080. The molecule has 1 saturated carbocycles. The predicted molar refractivity (Wildman–Crippen MR) is 133 cm³/mol. The predicted octanol–water partition coefficient (Wildman–Crippen LogP) is 6.73. The fourth-order valence-corrected chi connectivity index (χ4v) is 3.90. The van der Waals surface area contributed by atoms with Crippen LogP contribution in [0.15, 0.2) is 30.6 Å². The summed E-state index contributed by atoms with van der Waals surface area (Å²) in [5.41, 5.74) is 0.246. The van der Waals surface area contributed by atoms with E-state index in [0.29, 0.717) is 23.7 Å². The van der Waals surface area contributed by atoms with Gasteiger partial charge in [-0.15, -0.1) is 0 Å². The first-order chi connectivity index (χ1) is 17.4. The van der Waals surface area contributed by atoms with Gasteiger partial charge in [0.2, 0.25) is 0 Å². The van der Waals surface area contributed by atoms with Gasteiger partial charge >= 0.3 is 18.6 Å². The largest absolute Gasteiger partial charge is 0.489 e. The van der Waals surface area contributed by atoms with Gasteiger partial charge in [0, 0.05) is 18.8 Å². The van der Waals surface area contributed by atoms with E-state index >= 15 is 0 Å². The number of pyridine rings is 1. The Hall–Kier alpha value is -2.65. The summed E-state index contributed by atoms with van der Waals surface area (Å²) in [4.78, 5) is 28.7. The Balaban J connectivity index is 1.84. The van der Waals surface area contributed by atoms with Crippen molar-refractivity contribution >= 4 is 35.1 Å². The second-order valence-corrected chi connectivity index (χ2v) is 10.5. The second kappa shape index (κ2) is 12.7. The fraction of sp³-hybridized carbons (Fsp3) is 0.500. The molecule has 0 spiro atoms. The number of ether oxygens (including phenoxy) is 4. The van der Waals surface area contributed by atoms with E-state index in [2.05, 4.69) is 9.72 Å². The number of hydrogen-bond donors (Lipinski definition) is 0. The smallest absolute Gasteiger partial charge is 0.387 e. The molecule has 0 radical (unpaired) electrons. The van der Waals surface area contributed by atoms with Crippen molar-refractivity contribution in [1.82, 2.24) is 4.98 Å². The molecule has 1 heterocycles. The maximum Gasteiger partial charge on any atom is 0.387 e. The van der Waals surface area contributed by atoms with Gasteiger partial charge in [0.25, 0.3) is 0 Å². The third-order valence-corrected chi connectivity index (χ3v) is 5.95. The van der Waals surface area contributed by atoms with Gasteiger partial charge in [-0.3, -0.25) is 14.6 Å². The quantitative estimate of drug-likeness (QED) is 0.266. The van der Waals surface area contributed by atoms with E-state index in [1.54, 1.807) is 20.8 Å². The molecular formula is C26H29Cl2F2NO6. The average molecular weight is 560 g/mol. The lowest BCUT2D eigenvalue weighted by Crippen LogP contribution is -2.24. The number of carbonyl (C=O) groups is 2. The summed E-state index contributed by atoms with van der Waals surface area (Å²) in [6.07, 6.45) is 3.57. The zero-order valence-electron chi connectivity index (χ0n) is 20.8. The van der Waals surface area contributed by atoms with Crippen LogP contribution >= 0.6 is 23.2 Å². The second-order valence-electron chi connectivity index (χ2n) is 9.69. The highest BCUT2D eigenvalue weighted by Crippen LogP contribution is 2.38. The number of esters is 2. The van der Waals surface area contributed by atoms with E-state index in [1.807, 2.05) is 0 Å². The molecule has 1 fully saturated rings. The number of hydrogen-bond acceptors (Lipinski definition) is 7. The van der Waals surface area contributed by atoms with Gasteiger partial charge < -0.3 is 18.9 Å². The molecule has 1 aliphatic rings. The molecule has 11 heteroatoms. The standard InChI is InChI=1S/C26H29Cl2F2NO6/c1-26(2,3)37-24(33)9-8-23(32)35-21(11-17-18(27)12-31-13-19(17)28)16-6-7-20(36-25(29)30)22(10-16)34-14-15-4-5-15/h6-7,10,12-13,15,21,25H,4-5,8-9,11,14H2,1-3H3/t21-/m0/s1. The zero-order chi connectivity index (χ0) is 27.2. The summed E-state index contributed by atoms with van der Waals surface area (Å²) >= 11 is 12.6. The molecule has 7 nitrogen and oxygen atoms in total. The Labute approximate surface area is 224 Å². The molecule has 1 aromatic carbocycles. The molecule has 2 aromatic rings. The first-order valence-corrected chi connectivity index (χ1v) is 12.6. The summed E-state index contributed by atoms with van der Waals surface area (Å²) in [6.45, 7) is 2.50. The van der Waals surface area contributed by atoms with Crippen molar-refractivity contribution in [1.29, 1.82) is 0 Å². The number of aromatic nitrogens is 1. The van der Waals surface area contributed by atoms with E-state index in [1.165, 1.54) is 30.6 Å². The van der Waals surface area contributed by atoms with Crippen molar-refractivity contribution in [2.24, 2.45) is 5.92 Å². The Morgan fingerprint density at radius 1 is 1.05 bits per heavy atom. The Kier molecular flexibility index (Phi) is 9.95. The highest BCUT2D eigenvalue weighted by atomic mass is 35.5. The summed E-state index contributed by atoms with van der Waals surface area (Å²) in [7, 11) is 0. The average Bonchev–Trinajstić information content (AvgIpc) is 3.62. The van der Waals surface area contributed by atoms with E-state index in [0.717, 1.165) is 12.8 Å². The molecule has 0 N–H and O–H groups in total. The van der Waals surface area contributed by atoms with Crippen LogP contribution in [0.1, 0.15) is 63.7 Å². The highest BCUT2D eigenvalue weighted by Gasteiger charge is 2.26. The van der Waals surface area contributed by atoms with Gasteiger partial charge in [-0.2, -0.15) is 8.78 Å². The molecule has 0 aliphatic heterocycles. The van der Waals surface area contributed by atoms with Crippen molar-refractivity contribution in [2.75, 3.05) is 6.61 Å². The lowest BCUT2D eigenvalue weighted by atomic mass is 10.0. The molecule has 0 amide bonds. The molecule has 0 saturated heterocycles. The summed E-state index contributed by atoms with van der Waals surface area (Å²) < 4.78 is 47.2. The fourth-order valence-electron chi connectivity index (χ4n) is 3.38. The molecule has 37 heavy (non-hydrogen) atoms. The Morgan fingerprint density at radius 3 is 2.30 bits per heavy atom. The minimum absolute atomic E-state index is 0.0650. The van der Waals surface area contributed by atoms with Gasteiger partial charge in [0.05, 0.1) is 29.5 Å². The van der Waals surface area contributed by atoms with Crippen molar-refractivity contribution in [3.63, 3.8) is 0 Å². The highest BCUT2D eigenvalue weighted by molar-refractivity contribution is 6.35. The lowest BCUT2D eigenvalue weighted by molar-refractivity contribution is -0.159. The first-order valence-electron chi connectivity index (χ1n) is 11.8. The maximum atomic E-state index is 13.0. The Morgan fingerprint density at radius 2 is 1.70 bits per heavy atom. The van der Waals surface area contributed by atoms with E-state index < -0.39 is 30.3 Å². The molecule has 3 rings (SSSR count). The zero-order valence-corrected chi connectivity index (χ0v) is 22.3. The number of benzene rings is 1. The van der Waals surface area contributed by atoms with Crippen LogP contribution in [0.4, 0.5) is 8.78 Å². The van der Waals surface area contributed by atoms with Gasteiger partial charge in [0.15, 0.2) is 11.5 Å². The van der Waals surface area contributed by atoms with E-state index in [-0.39, 0.29) is 40.8 Å². The summed E-state index contributed by atoms with van der Waals surface area (Å²) in [6, 6.07) is 4.33. The number of carbonyl (C=O) groups excluding carboxylic acids is 2. The minimum atomic E-state index is -3.04. The summed E-state index contributed by atoms with van der Waals surface area (Å²) in [5, 5.41) is 0.537. The van der Waals surface area contributed by atoms with Gasteiger partial charge in [-0.05, 0) is 62.8 Å². The number of rotatable bonds is 12. The lowest BCUT2D eigenvalue weighted by Gasteiger charge is -2.22. The van der Waals surface area contributed by atoms with E-state index in [9.17, 15) is 18.4 Å². The van der Waals surface area contributed by atoms with Crippen LogP contribution in [0.5, 0.6) is 11.5 Å². The van der Waals surface area contributed by atoms with Crippen LogP contribution in [0, 0.1) is 5.92 Å². The van der Waals surface area contributed by atoms with Crippen molar-refractivity contribution in [3.8, 4) is 11.5 Å². The topological polar surface area (TPSA) is 84.0 Å². The van der Waals surface area contributed by atoms with Gasteiger partial charge in [-0.25, -0.2) is 0 Å². The van der Waals surface area contributed by atoms with Crippen molar-refractivity contribution in [3.05, 3.63) is 51.8 Å². The summed E-state index contributed by atoms with van der Waals surface area (Å²) in [5.74, 6) is -0.865. The van der Waals surface area contributed by atoms with E-state index in [4.69, 9.17) is 37.4 Å². The molecule has 202 valence electrons. The normalized spacial score (nSPS) is 14.3. The van der Waals surface area contributed by atoms with Crippen molar-refractivity contribution in [2.45, 2.75) is 71.2 Å². The molecular weight excluding hydrogens is 531 g/mol. The van der Waals surface area contributed by atoms with Crippen LogP contribution in [0.25, 0.3) is 0 Å². The van der Waals surface area contributed by atoms with Crippen LogP contribution in [-0.2, 0) is 25.5 Å². The van der Waals surface area contributed by atoms with Crippen LogP contribution in [0.2, 0.25) is 10.0 Å². The number of alkyl halides is 2. The number of nitrogens with zero attached hydrogens (tertiary/aromatic N) is 1. The maximum absolute atomic E-state index is 13.0. The van der Waals surface area contributed by atoms with Gasteiger partial charge in [-0.1, -0.05) is 29.3 Å². The molecule has 1 aliphatic carbocycles. The van der Waals surface area contributed by atoms with Crippen molar-refractivity contribution < 1.29 is 37.3 Å². The molecule has 1 aromatic heterocycles. The first kappa shape index (κ1) is 28.9. The van der Waals surface area contributed by atoms with Crippen LogP contribution in [-0.4, -0.2) is 35.7 Å². The van der Waals surface area contributed by atoms with Crippen LogP contribution in [0.3, 0.4) is 0 Å². The molecule has 0 bridgehead atoms. The third-order valence-electron chi connectivity index (χ3n) is 5.30. The number of halogens is 4. The molecule has 1 atom stereocenters. The molecule has 0 unspecified atom stereocenters. The third kappa shape index (κ3) is 9.63. The monoisotopic (exact) mass is 559 g/mol. The van der Waals surface area contributed by atoms with Crippen LogP contribution < -0.4 is 9.47 Å². The SMILES string of the molecule is CC(C)(C)OC(=O)CCC(=O)O[C@@H](Cc1c(Cl)cncc1Cl)c1ccc(OC(F)F)c(OCC2CC2)c1. The minimum Gasteiger partial charge on any atom is -0.489 e. The van der Waals surface area contributed by atoms with Gasteiger partial charge in [0.1, 0.15) is 11.7 Å².